The van der Waals surface area contributed by atoms with E-state index in [1.165, 1.54) is 6.33 Å². The lowest BCUT2D eigenvalue weighted by molar-refractivity contribution is -0.389. The lowest BCUT2D eigenvalue weighted by Gasteiger charge is -2.22. The molecule has 0 fully saturated rings. The van der Waals surface area contributed by atoms with Gasteiger partial charge in [-0.3, -0.25) is 0 Å². The van der Waals surface area contributed by atoms with Crippen molar-refractivity contribution in [2.24, 2.45) is 10.6 Å². The van der Waals surface area contributed by atoms with E-state index in [0.29, 0.717) is 11.4 Å². The minimum Gasteiger partial charge on any atom is -0.411 e. The van der Waals surface area contributed by atoms with Crippen molar-refractivity contribution in [1.82, 2.24) is 9.55 Å². The average molecular weight is 275 g/mol. The van der Waals surface area contributed by atoms with Gasteiger partial charge in [-0.2, -0.15) is 0 Å². The fourth-order valence-electron chi connectivity index (χ4n) is 1.39. The molecule has 0 unspecified atom stereocenters. The van der Waals surface area contributed by atoms with Crippen molar-refractivity contribution < 1.29 is 10.1 Å². The van der Waals surface area contributed by atoms with Gasteiger partial charge < -0.3 is 19.9 Å². The van der Waals surface area contributed by atoms with Crippen LogP contribution in [-0.4, -0.2) is 31.3 Å². The molecule has 0 aliphatic heterocycles. The van der Waals surface area contributed by atoms with Gasteiger partial charge in [-0.15, -0.1) is 11.6 Å². The average Bonchev–Trinajstić information content (AvgIpc) is 2.67. The molecule has 0 amide bonds. The van der Waals surface area contributed by atoms with Crippen LogP contribution in [0.4, 0.5) is 5.82 Å². The minimum atomic E-state index is -0.547. The summed E-state index contributed by atoms with van der Waals surface area (Å²) in [7, 11) is 0. The number of hydrogen-bond acceptors (Lipinski definition) is 5. The molecule has 0 bridgehead atoms. The quantitative estimate of drug-likeness (QED) is 0.293. The number of imidazole rings is 1. The highest BCUT2D eigenvalue weighted by atomic mass is 35.5. The van der Waals surface area contributed by atoms with Crippen LogP contribution in [0.5, 0.6) is 0 Å². The summed E-state index contributed by atoms with van der Waals surface area (Å²) in [5.74, 6) is 0.0818. The second kappa shape index (κ2) is 5.34. The lowest BCUT2D eigenvalue weighted by Crippen LogP contribution is -2.30. The summed E-state index contributed by atoms with van der Waals surface area (Å²) in [4.78, 5) is 13.8. The number of nitrogens with zero attached hydrogens (tertiary/aromatic N) is 4. The minimum absolute atomic E-state index is 0.198. The summed E-state index contributed by atoms with van der Waals surface area (Å²) in [5.41, 5.74) is 0.348. The topological polar surface area (TPSA) is 93.5 Å². The van der Waals surface area contributed by atoms with E-state index in [2.05, 4.69) is 10.1 Å². The van der Waals surface area contributed by atoms with E-state index in [0.717, 1.165) is 0 Å². The van der Waals surface area contributed by atoms with Crippen LogP contribution in [0.3, 0.4) is 0 Å². The molecule has 0 spiro atoms. The molecule has 100 valence electrons. The third-order valence-corrected chi connectivity index (χ3v) is 3.47. The number of alkyl halides is 1. The van der Waals surface area contributed by atoms with Gasteiger partial charge in [0.1, 0.15) is 5.69 Å². The van der Waals surface area contributed by atoms with E-state index in [-0.39, 0.29) is 18.2 Å². The number of nitro groups is 1. The molecule has 7 nitrogen and oxygen atoms in total. The van der Waals surface area contributed by atoms with Crippen LogP contribution in [0.25, 0.3) is 0 Å². The maximum atomic E-state index is 10.7. The number of rotatable bonds is 5. The first-order valence-electron chi connectivity index (χ1n) is 5.27. The van der Waals surface area contributed by atoms with E-state index < -0.39 is 10.3 Å². The Bertz CT molecular complexity index is 481. The second-order valence-corrected chi connectivity index (χ2v) is 4.87. The van der Waals surface area contributed by atoms with Crippen LogP contribution in [0, 0.1) is 22.5 Å². The highest BCUT2D eigenvalue weighted by molar-refractivity contribution is 6.20. The Kier molecular flexibility index (Phi) is 4.28. The van der Waals surface area contributed by atoms with Crippen molar-refractivity contribution in [3.05, 3.63) is 22.1 Å². The summed E-state index contributed by atoms with van der Waals surface area (Å²) in [6.07, 6.45) is 1.35. The third kappa shape index (κ3) is 2.79. The first-order chi connectivity index (χ1) is 8.33. The van der Waals surface area contributed by atoms with Crippen molar-refractivity contribution in [2.75, 3.05) is 5.88 Å². The van der Waals surface area contributed by atoms with Gasteiger partial charge in [-0.25, -0.2) is 0 Å². The van der Waals surface area contributed by atoms with Crippen LogP contribution in [0.2, 0.25) is 0 Å². The molecule has 0 saturated heterocycles. The highest BCUT2D eigenvalue weighted by Crippen LogP contribution is 2.22. The van der Waals surface area contributed by atoms with Gasteiger partial charge >= 0.3 is 5.82 Å². The Hall–Kier alpha value is -1.63. The molecule has 0 radical (unpaired) electrons. The molecular weight excluding hydrogens is 260 g/mol. The molecule has 1 heterocycles. The highest BCUT2D eigenvalue weighted by Gasteiger charge is 2.27. The standard InChI is InChI=1S/C10H15ClN4O3/c1-7-9(15(17)18)12-6-14(7)4-8(13-16)10(2,3)5-11/h6,16H,4-5H2,1-3H3/b13-8-. The molecule has 1 N–H and O–H groups in total. The van der Waals surface area contributed by atoms with Crippen molar-refractivity contribution in [1.29, 1.82) is 0 Å². The Morgan fingerprint density at radius 1 is 1.72 bits per heavy atom. The predicted molar refractivity (Wildman–Crippen MR) is 67.3 cm³/mol. The van der Waals surface area contributed by atoms with Crippen molar-refractivity contribution in [3.63, 3.8) is 0 Å². The normalized spacial score (nSPS) is 12.8. The zero-order valence-electron chi connectivity index (χ0n) is 10.4. The molecule has 1 rings (SSSR count). The van der Waals surface area contributed by atoms with Crippen molar-refractivity contribution >= 4 is 23.1 Å². The van der Waals surface area contributed by atoms with Crippen molar-refractivity contribution in [2.45, 2.75) is 27.3 Å². The van der Waals surface area contributed by atoms with Gasteiger partial charge in [0.15, 0.2) is 0 Å². The Balaban J connectivity index is 3.01. The predicted octanol–water partition coefficient (Wildman–Crippen LogP) is 2.19. The first-order valence-corrected chi connectivity index (χ1v) is 5.80. The SMILES string of the molecule is Cc1c([N+](=O)[O-])ncn1C/C(=N/O)C(C)(C)CCl. The molecule has 0 aromatic carbocycles. The van der Waals surface area contributed by atoms with Crippen molar-refractivity contribution in [3.8, 4) is 0 Å². The molecule has 0 aliphatic carbocycles. The second-order valence-electron chi connectivity index (χ2n) is 4.60. The van der Waals surface area contributed by atoms with Crippen LogP contribution in [0.15, 0.2) is 11.5 Å². The summed E-state index contributed by atoms with van der Waals surface area (Å²) in [6, 6.07) is 0. The number of aromatic nitrogens is 2. The van der Waals surface area contributed by atoms with Gasteiger partial charge in [0.25, 0.3) is 0 Å². The molecule has 1 aromatic rings. The Morgan fingerprint density at radius 2 is 2.33 bits per heavy atom. The number of halogens is 1. The molecule has 18 heavy (non-hydrogen) atoms. The van der Waals surface area contributed by atoms with Gasteiger partial charge in [-0.1, -0.05) is 19.0 Å². The van der Waals surface area contributed by atoms with Crippen LogP contribution in [-0.2, 0) is 6.54 Å². The van der Waals surface area contributed by atoms with Gasteiger partial charge in [-0.05, 0) is 16.8 Å². The van der Waals surface area contributed by atoms with Gasteiger partial charge in [0, 0.05) is 11.3 Å². The number of hydrogen-bond donors (Lipinski definition) is 1. The largest absolute Gasteiger partial charge is 0.411 e. The van der Waals surface area contributed by atoms with E-state index in [1.54, 1.807) is 11.5 Å². The Labute approximate surface area is 109 Å². The molecule has 0 saturated carbocycles. The smallest absolute Gasteiger partial charge is 0.384 e. The zero-order valence-corrected chi connectivity index (χ0v) is 11.2. The van der Waals surface area contributed by atoms with E-state index in [1.807, 2.05) is 13.8 Å². The third-order valence-electron chi connectivity index (χ3n) is 2.80. The summed E-state index contributed by atoms with van der Waals surface area (Å²) in [6.45, 7) is 5.46. The summed E-state index contributed by atoms with van der Waals surface area (Å²) >= 11 is 5.80. The van der Waals surface area contributed by atoms with Gasteiger partial charge in [0.05, 0.1) is 12.3 Å². The maximum absolute atomic E-state index is 10.7. The monoisotopic (exact) mass is 274 g/mol. The summed E-state index contributed by atoms with van der Waals surface area (Å²) < 4.78 is 1.56. The molecule has 8 heteroatoms. The van der Waals surface area contributed by atoms with E-state index >= 15 is 0 Å². The fourth-order valence-corrected chi connectivity index (χ4v) is 1.55. The molecule has 0 aliphatic rings. The summed E-state index contributed by atoms with van der Waals surface area (Å²) in [5, 5.41) is 22.9. The fraction of sp³-hybridized carbons (Fsp3) is 0.600. The van der Waals surface area contributed by atoms with E-state index in [9.17, 15) is 10.1 Å². The van der Waals surface area contributed by atoms with Crippen LogP contribution < -0.4 is 0 Å². The molecule has 0 atom stereocenters. The van der Waals surface area contributed by atoms with Gasteiger partial charge in [0.2, 0.25) is 6.33 Å². The zero-order chi connectivity index (χ0) is 13.9. The molecule has 1 aromatic heterocycles. The number of oxime groups is 1. The Morgan fingerprint density at radius 3 is 2.72 bits per heavy atom. The molecular formula is C10H15ClN4O3. The maximum Gasteiger partial charge on any atom is 0.384 e. The van der Waals surface area contributed by atoms with E-state index in [4.69, 9.17) is 16.8 Å². The lowest BCUT2D eigenvalue weighted by atomic mass is 9.89. The van der Waals surface area contributed by atoms with Crippen LogP contribution >= 0.6 is 11.6 Å². The van der Waals surface area contributed by atoms with Crippen LogP contribution in [0.1, 0.15) is 19.5 Å². The first kappa shape index (κ1) is 14.4.